The van der Waals surface area contributed by atoms with Crippen LogP contribution in [-0.4, -0.2) is 37.2 Å². The van der Waals surface area contributed by atoms with Crippen molar-refractivity contribution in [3.8, 4) is 11.1 Å². The number of halogens is 1. The van der Waals surface area contributed by atoms with Gasteiger partial charge in [0.05, 0.1) is 0 Å². The molecule has 0 saturated heterocycles. The molecule has 132 valence electrons. The van der Waals surface area contributed by atoms with Crippen molar-refractivity contribution >= 4 is 18.5 Å². The van der Waals surface area contributed by atoms with E-state index >= 15 is 0 Å². The van der Waals surface area contributed by atoms with Gasteiger partial charge in [0.25, 0.3) is 0 Å². The molecule has 5 heteroatoms. The second-order valence-electron chi connectivity index (χ2n) is 6.82. The van der Waals surface area contributed by atoms with Crippen molar-refractivity contribution in [2.75, 3.05) is 20.6 Å². The molecule has 2 aromatic carbocycles. The van der Waals surface area contributed by atoms with Crippen LogP contribution in [0.2, 0.25) is 0 Å². The number of benzene rings is 2. The summed E-state index contributed by atoms with van der Waals surface area (Å²) in [5.41, 5.74) is 4.52. The standard InChI is InChI=1S/C20H22N2O2.ClH/c1-21-20(11-12-20)13-22(2)19(23)24-18-16-9-5-3-7-14(16)15-8-4-6-10-17(15)18;/h3-10,18,21H,11-13H2,1-2H3;1H. The molecule has 4 nitrogen and oxygen atoms in total. The highest BCUT2D eigenvalue weighted by Crippen LogP contribution is 2.45. The summed E-state index contributed by atoms with van der Waals surface area (Å²) in [6.07, 6.45) is 1.62. The molecule has 0 unspecified atom stereocenters. The third-order valence-electron chi connectivity index (χ3n) is 5.23. The first-order chi connectivity index (χ1) is 11.6. The zero-order valence-electron chi connectivity index (χ0n) is 14.5. The summed E-state index contributed by atoms with van der Waals surface area (Å²) in [5.74, 6) is 0. The molecule has 1 N–H and O–H groups in total. The van der Waals surface area contributed by atoms with E-state index in [-0.39, 0.29) is 30.1 Å². The number of carbonyl (C=O) groups is 1. The van der Waals surface area contributed by atoms with E-state index < -0.39 is 0 Å². The lowest BCUT2D eigenvalue weighted by atomic mass is 10.1. The monoisotopic (exact) mass is 358 g/mol. The van der Waals surface area contributed by atoms with E-state index in [4.69, 9.17) is 4.74 Å². The van der Waals surface area contributed by atoms with Crippen molar-refractivity contribution in [2.24, 2.45) is 0 Å². The minimum absolute atomic E-state index is 0. The van der Waals surface area contributed by atoms with Gasteiger partial charge >= 0.3 is 6.09 Å². The van der Waals surface area contributed by atoms with E-state index in [1.165, 1.54) is 0 Å². The number of fused-ring (bicyclic) bond motifs is 3. The van der Waals surface area contributed by atoms with E-state index in [1.54, 1.807) is 4.90 Å². The lowest BCUT2D eigenvalue weighted by molar-refractivity contribution is 0.0827. The summed E-state index contributed by atoms with van der Waals surface area (Å²) in [4.78, 5) is 14.3. The third-order valence-corrected chi connectivity index (χ3v) is 5.23. The molecule has 2 aromatic rings. The number of hydrogen-bond acceptors (Lipinski definition) is 3. The molecule has 0 aromatic heterocycles. The van der Waals surface area contributed by atoms with Crippen LogP contribution in [0.4, 0.5) is 4.79 Å². The van der Waals surface area contributed by atoms with Crippen molar-refractivity contribution in [1.29, 1.82) is 0 Å². The van der Waals surface area contributed by atoms with Crippen molar-refractivity contribution in [2.45, 2.75) is 24.5 Å². The van der Waals surface area contributed by atoms with Gasteiger partial charge in [-0.25, -0.2) is 4.79 Å². The molecule has 0 atom stereocenters. The molecule has 1 fully saturated rings. The maximum Gasteiger partial charge on any atom is 0.410 e. The van der Waals surface area contributed by atoms with Crippen LogP contribution in [0.15, 0.2) is 48.5 Å². The number of nitrogens with zero attached hydrogens (tertiary/aromatic N) is 1. The fourth-order valence-corrected chi connectivity index (χ4v) is 3.58. The van der Waals surface area contributed by atoms with E-state index in [2.05, 4.69) is 17.4 Å². The Morgan fingerprint density at radius 2 is 1.64 bits per heavy atom. The van der Waals surface area contributed by atoms with Gasteiger partial charge in [-0.2, -0.15) is 0 Å². The molecule has 2 aliphatic carbocycles. The minimum atomic E-state index is -0.322. The number of ether oxygens (including phenoxy) is 1. The molecule has 0 radical (unpaired) electrons. The highest BCUT2D eigenvalue weighted by atomic mass is 35.5. The highest BCUT2D eigenvalue weighted by Gasteiger charge is 2.43. The first-order valence-corrected chi connectivity index (χ1v) is 8.42. The molecule has 0 aliphatic heterocycles. The predicted molar refractivity (Wildman–Crippen MR) is 101 cm³/mol. The Bertz CT molecular complexity index is 743. The van der Waals surface area contributed by atoms with Crippen LogP contribution in [-0.2, 0) is 4.74 Å². The molecule has 0 bridgehead atoms. The second kappa shape index (κ2) is 6.70. The predicted octanol–water partition coefficient (Wildman–Crippen LogP) is 4.00. The molecule has 0 spiro atoms. The van der Waals surface area contributed by atoms with Crippen LogP contribution in [0.3, 0.4) is 0 Å². The first-order valence-electron chi connectivity index (χ1n) is 8.42. The third kappa shape index (κ3) is 3.12. The van der Waals surface area contributed by atoms with E-state index in [0.29, 0.717) is 6.54 Å². The summed E-state index contributed by atoms with van der Waals surface area (Å²) in [6.45, 7) is 0.679. The van der Waals surface area contributed by atoms with Gasteiger partial charge in [0, 0.05) is 30.3 Å². The second-order valence-corrected chi connectivity index (χ2v) is 6.82. The lowest BCUT2D eigenvalue weighted by Gasteiger charge is -2.25. The van der Waals surface area contributed by atoms with Gasteiger partial charge in [-0.05, 0) is 31.0 Å². The van der Waals surface area contributed by atoms with Gasteiger partial charge in [-0.1, -0.05) is 48.5 Å². The number of rotatable bonds is 4. The molecular weight excluding hydrogens is 336 g/mol. The molecule has 2 aliphatic rings. The smallest absolute Gasteiger partial charge is 0.410 e. The number of nitrogens with one attached hydrogen (secondary N) is 1. The normalized spacial score (nSPS) is 16.4. The quantitative estimate of drug-likeness (QED) is 0.898. The van der Waals surface area contributed by atoms with Gasteiger partial charge in [0.2, 0.25) is 0 Å². The Balaban J connectivity index is 0.00000182. The fraction of sp³-hybridized carbons (Fsp3) is 0.350. The Morgan fingerprint density at radius 1 is 1.12 bits per heavy atom. The Hall–Kier alpha value is -2.04. The van der Waals surface area contributed by atoms with E-state index in [1.807, 2.05) is 50.5 Å². The van der Waals surface area contributed by atoms with Crippen LogP contribution in [0.25, 0.3) is 11.1 Å². The maximum absolute atomic E-state index is 12.6. The SMILES string of the molecule is CNC1(CN(C)C(=O)OC2c3ccccc3-c3ccccc32)CC1.Cl. The summed E-state index contributed by atoms with van der Waals surface area (Å²) in [7, 11) is 3.77. The van der Waals surface area contributed by atoms with Gasteiger partial charge < -0.3 is 15.0 Å². The number of hydrogen-bond donors (Lipinski definition) is 1. The lowest BCUT2D eigenvalue weighted by Crippen LogP contribution is -2.42. The molecule has 0 heterocycles. The van der Waals surface area contributed by atoms with Gasteiger partial charge in [-0.15, -0.1) is 12.4 Å². The molecule has 4 rings (SSSR count). The van der Waals surface area contributed by atoms with Crippen LogP contribution in [0.5, 0.6) is 0 Å². The average Bonchev–Trinajstić information content (AvgIpc) is 3.32. The molecule has 1 amide bonds. The zero-order chi connectivity index (χ0) is 16.7. The first kappa shape index (κ1) is 17.8. The minimum Gasteiger partial charge on any atom is -0.436 e. The van der Waals surface area contributed by atoms with Gasteiger partial charge in [0.1, 0.15) is 0 Å². The number of carbonyl (C=O) groups excluding carboxylic acids is 1. The zero-order valence-corrected chi connectivity index (χ0v) is 15.3. The Morgan fingerprint density at radius 3 is 2.12 bits per heavy atom. The van der Waals surface area contributed by atoms with E-state index in [0.717, 1.165) is 35.1 Å². The van der Waals surface area contributed by atoms with Gasteiger partial charge in [0.15, 0.2) is 6.10 Å². The molecule has 25 heavy (non-hydrogen) atoms. The summed E-state index contributed by atoms with van der Waals surface area (Å²) < 4.78 is 5.90. The molecular formula is C20H23ClN2O2. The Labute approximate surface area is 154 Å². The largest absolute Gasteiger partial charge is 0.436 e. The number of likely N-dealkylation sites (N-methyl/N-ethyl adjacent to an activating group) is 2. The van der Waals surface area contributed by atoms with Crippen LogP contribution in [0, 0.1) is 0 Å². The summed E-state index contributed by atoms with van der Waals surface area (Å²) in [5, 5.41) is 3.31. The van der Waals surface area contributed by atoms with Crippen molar-refractivity contribution in [1.82, 2.24) is 10.2 Å². The fourth-order valence-electron chi connectivity index (χ4n) is 3.58. The summed E-state index contributed by atoms with van der Waals surface area (Å²) in [6, 6.07) is 16.3. The van der Waals surface area contributed by atoms with Crippen molar-refractivity contribution in [3.63, 3.8) is 0 Å². The number of amides is 1. The maximum atomic E-state index is 12.6. The van der Waals surface area contributed by atoms with Gasteiger partial charge in [-0.3, -0.25) is 0 Å². The van der Waals surface area contributed by atoms with Crippen molar-refractivity contribution in [3.05, 3.63) is 59.7 Å². The Kier molecular flexibility index (Phi) is 4.76. The van der Waals surface area contributed by atoms with Crippen LogP contribution in [0.1, 0.15) is 30.1 Å². The van der Waals surface area contributed by atoms with Crippen molar-refractivity contribution < 1.29 is 9.53 Å². The van der Waals surface area contributed by atoms with Crippen LogP contribution >= 0.6 is 12.4 Å². The average molecular weight is 359 g/mol. The topological polar surface area (TPSA) is 41.6 Å². The highest BCUT2D eigenvalue weighted by molar-refractivity contribution is 5.85. The van der Waals surface area contributed by atoms with E-state index in [9.17, 15) is 4.79 Å². The summed E-state index contributed by atoms with van der Waals surface area (Å²) >= 11 is 0. The molecule has 1 saturated carbocycles. The van der Waals surface area contributed by atoms with Crippen LogP contribution < -0.4 is 5.32 Å².